The molecule has 2 aromatic rings. The van der Waals surface area contributed by atoms with Gasteiger partial charge in [0.05, 0.1) is 19.6 Å². The topological polar surface area (TPSA) is 101 Å². The molecular weight excluding hydrogens is 380 g/mol. The van der Waals surface area contributed by atoms with Crippen LogP contribution in [0.3, 0.4) is 0 Å². The fourth-order valence-corrected chi connectivity index (χ4v) is 2.54. The maximum Gasteiger partial charge on any atom is 0.355 e. The monoisotopic (exact) mass is 398 g/mol. The lowest BCUT2D eigenvalue weighted by Gasteiger charge is -2.18. The van der Waals surface area contributed by atoms with E-state index in [2.05, 4.69) is 9.47 Å². The fraction of sp³-hybridized carbons (Fsp3) is 0.389. The van der Waals surface area contributed by atoms with Gasteiger partial charge in [0.1, 0.15) is 22.1 Å². The zero-order valence-corrected chi connectivity index (χ0v) is 16.2. The molecule has 1 heterocycles. The molecule has 0 aliphatic heterocycles. The van der Waals surface area contributed by atoms with Crippen molar-refractivity contribution in [2.45, 2.75) is 33.0 Å². The first-order valence-corrected chi connectivity index (χ1v) is 8.33. The summed E-state index contributed by atoms with van der Waals surface area (Å²) in [5, 5.41) is 0.295. The Morgan fingerprint density at radius 2 is 1.59 bits per heavy atom. The number of fused-ring (bicyclic) bond motifs is 1. The summed E-state index contributed by atoms with van der Waals surface area (Å²) in [5.41, 5.74) is -0.183. The van der Waals surface area contributed by atoms with Gasteiger partial charge in [0.2, 0.25) is 0 Å². The molecule has 0 radical (unpaired) electrons. The molecule has 9 heteroatoms. The predicted octanol–water partition coefficient (Wildman–Crippen LogP) is 2.64. The van der Waals surface area contributed by atoms with Gasteiger partial charge in [-0.3, -0.25) is 0 Å². The first-order valence-electron chi connectivity index (χ1n) is 7.95. The Labute approximate surface area is 159 Å². The van der Waals surface area contributed by atoms with E-state index in [4.69, 9.17) is 25.5 Å². The van der Waals surface area contributed by atoms with Gasteiger partial charge < -0.3 is 23.4 Å². The Morgan fingerprint density at radius 3 is 2.15 bits per heavy atom. The van der Waals surface area contributed by atoms with Crippen LogP contribution in [0.5, 0.6) is 11.5 Å². The molecule has 1 aromatic heterocycles. The Bertz CT molecular complexity index is 933. The van der Waals surface area contributed by atoms with Crippen molar-refractivity contribution in [2.75, 3.05) is 14.2 Å². The first kappa shape index (κ1) is 20.6. The summed E-state index contributed by atoms with van der Waals surface area (Å²) in [5.74, 6) is -0.828. The largest absolute Gasteiger partial charge is 0.479 e. The summed E-state index contributed by atoms with van der Waals surface area (Å²) in [6.45, 7) is 4.62. The number of carbonyl (C=O) groups is 2. The van der Waals surface area contributed by atoms with E-state index in [1.165, 1.54) is 40.2 Å². The number of carbonyl (C=O) groups excluding carboxylic acids is 2. The lowest BCUT2D eigenvalue weighted by Crippen LogP contribution is -2.26. The number of hydrogen-bond acceptors (Lipinski definition) is 8. The Kier molecular flexibility index (Phi) is 6.32. The molecule has 8 nitrogen and oxygen atoms in total. The summed E-state index contributed by atoms with van der Waals surface area (Å²) in [4.78, 5) is 35.2. The third-order valence-corrected chi connectivity index (χ3v) is 4.25. The zero-order chi connectivity index (χ0) is 20.3. The summed E-state index contributed by atoms with van der Waals surface area (Å²) >= 11 is 5.99. The van der Waals surface area contributed by atoms with Crippen LogP contribution in [0.2, 0.25) is 5.02 Å². The molecule has 27 heavy (non-hydrogen) atoms. The van der Waals surface area contributed by atoms with Crippen molar-refractivity contribution >= 4 is 34.5 Å². The van der Waals surface area contributed by atoms with E-state index >= 15 is 0 Å². The third kappa shape index (κ3) is 4.33. The van der Waals surface area contributed by atoms with E-state index in [0.29, 0.717) is 10.9 Å². The molecule has 0 saturated carbocycles. The van der Waals surface area contributed by atoms with Crippen LogP contribution in [-0.2, 0) is 19.1 Å². The first-order chi connectivity index (χ1) is 12.7. The van der Waals surface area contributed by atoms with Gasteiger partial charge in [0.15, 0.2) is 12.2 Å². The van der Waals surface area contributed by atoms with Crippen molar-refractivity contribution in [1.82, 2.24) is 0 Å². The number of halogens is 1. The Hall–Kier alpha value is -2.74. The predicted molar refractivity (Wildman–Crippen MR) is 96.4 cm³/mol. The van der Waals surface area contributed by atoms with Crippen molar-refractivity contribution in [3.05, 3.63) is 33.1 Å². The van der Waals surface area contributed by atoms with Gasteiger partial charge in [-0.05, 0) is 26.3 Å². The van der Waals surface area contributed by atoms with Gasteiger partial charge in [-0.25, -0.2) is 14.4 Å². The van der Waals surface area contributed by atoms with E-state index in [1.807, 2.05) is 0 Å². The van der Waals surface area contributed by atoms with Crippen LogP contribution in [0.25, 0.3) is 11.0 Å². The highest BCUT2D eigenvalue weighted by molar-refractivity contribution is 6.32. The maximum atomic E-state index is 11.9. The van der Waals surface area contributed by atoms with Crippen LogP contribution < -0.4 is 15.1 Å². The average Bonchev–Trinajstić information content (AvgIpc) is 2.64. The Morgan fingerprint density at radius 1 is 1.04 bits per heavy atom. The fourth-order valence-electron chi connectivity index (χ4n) is 2.41. The second-order valence-corrected chi connectivity index (χ2v) is 6.07. The number of benzene rings is 1. The minimum Gasteiger partial charge on any atom is -0.479 e. The lowest BCUT2D eigenvalue weighted by molar-refractivity contribution is -0.148. The summed E-state index contributed by atoms with van der Waals surface area (Å²) < 4.78 is 25.7. The highest BCUT2D eigenvalue weighted by atomic mass is 35.5. The van der Waals surface area contributed by atoms with Crippen molar-refractivity contribution in [3.63, 3.8) is 0 Å². The zero-order valence-electron chi connectivity index (χ0n) is 15.5. The lowest BCUT2D eigenvalue weighted by atomic mass is 10.1. The molecule has 0 N–H and O–H groups in total. The van der Waals surface area contributed by atoms with Crippen LogP contribution in [0.4, 0.5) is 0 Å². The molecular formula is C18H19ClO8. The highest BCUT2D eigenvalue weighted by Crippen LogP contribution is 2.36. The van der Waals surface area contributed by atoms with Crippen LogP contribution in [0.1, 0.15) is 19.4 Å². The minimum atomic E-state index is -0.948. The van der Waals surface area contributed by atoms with Gasteiger partial charge in [0, 0.05) is 12.1 Å². The average molecular weight is 399 g/mol. The molecule has 0 unspecified atom stereocenters. The quantitative estimate of drug-likeness (QED) is 0.540. The number of hydrogen-bond donors (Lipinski definition) is 0. The van der Waals surface area contributed by atoms with Gasteiger partial charge in [0.25, 0.3) is 0 Å². The van der Waals surface area contributed by atoms with Crippen LogP contribution in [-0.4, -0.2) is 38.4 Å². The maximum absolute atomic E-state index is 11.9. The number of ether oxygens (including phenoxy) is 4. The Balaban J connectivity index is 2.61. The molecule has 0 aliphatic carbocycles. The van der Waals surface area contributed by atoms with Crippen molar-refractivity contribution < 1.29 is 33.0 Å². The molecule has 146 valence electrons. The normalized spacial score (nSPS) is 13.0. The van der Waals surface area contributed by atoms with Crippen LogP contribution in [0.15, 0.2) is 21.3 Å². The van der Waals surface area contributed by atoms with Crippen LogP contribution in [0, 0.1) is 6.92 Å². The summed E-state index contributed by atoms with van der Waals surface area (Å²) in [6.07, 6.45) is -1.87. The molecule has 0 saturated heterocycles. The van der Waals surface area contributed by atoms with Gasteiger partial charge in [-0.1, -0.05) is 11.6 Å². The van der Waals surface area contributed by atoms with E-state index < -0.39 is 29.8 Å². The standard InChI is InChI=1S/C18H19ClO8/c1-8-14-12(26-10(3)17(21)24-5)6-11(25-9(2)16(20)23-4)7-13(14)27-18(22)15(8)19/h6-7,9-10H,1-5H3/t9-,10+/m1/s1. The summed E-state index contributed by atoms with van der Waals surface area (Å²) in [7, 11) is 2.47. The number of aryl methyl sites for hydroxylation is 1. The minimum absolute atomic E-state index is 0.102. The molecule has 2 atom stereocenters. The molecule has 0 spiro atoms. The second kappa shape index (κ2) is 8.30. The van der Waals surface area contributed by atoms with Crippen molar-refractivity contribution in [1.29, 1.82) is 0 Å². The van der Waals surface area contributed by atoms with E-state index in [0.717, 1.165) is 0 Å². The van der Waals surface area contributed by atoms with Gasteiger partial charge in [-0.2, -0.15) is 0 Å². The smallest absolute Gasteiger partial charge is 0.355 e. The van der Waals surface area contributed by atoms with Crippen molar-refractivity contribution in [3.8, 4) is 11.5 Å². The van der Waals surface area contributed by atoms with E-state index in [-0.39, 0.29) is 22.1 Å². The molecule has 0 bridgehead atoms. The van der Waals surface area contributed by atoms with Crippen LogP contribution >= 0.6 is 11.6 Å². The highest BCUT2D eigenvalue weighted by Gasteiger charge is 2.22. The summed E-state index contributed by atoms with van der Waals surface area (Å²) in [6, 6.07) is 2.89. The number of esters is 2. The molecule has 0 fully saturated rings. The third-order valence-electron chi connectivity index (χ3n) is 3.81. The number of rotatable bonds is 6. The van der Waals surface area contributed by atoms with E-state index in [1.54, 1.807) is 6.92 Å². The van der Waals surface area contributed by atoms with Gasteiger partial charge in [-0.15, -0.1) is 0 Å². The van der Waals surface area contributed by atoms with Crippen molar-refractivity contribution in [2.24, 2.45) is 0 Å². The molecule has 2 rings (SSSR count). The van der Waals surface area contributed by atoms with Gasteiger partial charge >= 0.3 is 17.6 Å². The molecule has 0 amide bonds. The molecule has 0 aliphatic rings. The van der Waals surface area contributed by atoms with E-state index in [9.17, 15) is 14.4 Å². The second-order valence-electron chi connectivity index (χ2n) is 5.69. The SMILES string of the molecule is COC(=O)[C@H](C)Oc1cc(O[C@H](C)C(=O)OC)cc2oc(=O)c(Cl)c(C)c12. The number of methoxy groups -OCH3 is 2. The molecule has 1 aromatic carbocycles.